The van der Waals surface area contributed by atoms with E-state index >= 15 is 0 Å². The molecular weight excluding hydrogens is 378 g/mol. The van der Waals surface area contributed by atoms with E-state index in [1.54, 1.807) is 12.1 Å². The third kappa shape index (κ3) is 5.04. The van der Waals surface area contributed by atoms with Gasteiger partial charge >= 0.3 is 0 Å². The van der Waals surface area contributed by atoms with Gasteiger partial charge in [-0.2, -0.15) is 4.31 Å². The van der Waals surface area contributed by atoms with Gasteiger partial charge in [0.2, 0.25) is 10.0 Å². The van der Waals surface area contributed by atoms with Crippen molar-refractivity contribution in [1.82, 2.24) is 4.31 Å². The van der Waals surface area contributed by atoms with E-state index in [4.69, 9.17) is 4.74 Å². The number of carbonyl (C=O) groups excluding carboxylic acids is 1. The highest BCUT2D eigenvalue weighted by Crippen LogP contribution is 2.29. The van der Waals surface area contributed by atoms with Crippen molar-refractivity contribution in [3.8, 4) is 5.75 Å². The Hall–Kier alpha value is -1.64. The molecule has 2 heterocycles. The number of hydrogen-bond acceptors (Lipinski definition) is 4. The third-order valence-electron chi connectivity index (χ3n) is 5.67. The Morgan fingerprint density at radius 1 is 1.25 bits per heavy atom. The Morgan fingerprint density at radius 3 is 2.68 bits per heavy atom. The predicted molar refractivity (Wildman–Crippen MR) is 108 cm³/mol. The molecule has 0 bridgehead atoms. The molecule has 7 nitrogen and oxygen atoms in total. The van der Waals surface area contributed by atoms with Crippen molar-refractivity contribution in [1.29, 1.82) is 0 Å². The molecular formula is C20H32N3O4S+. The van der Waals surface area contributed by atoms with Gasteiger partial charge in [0.25, 0.3) is 5.91 Å². The van der Waals surface area contributed by atoms with Gasteiger partial charge in [-0.15, -0.1) is 0 Å². The maximum absolute atomic E-state index is 12.9. The number of anilines is 1. The largest absolute Gasteiger partial charge is 0.495 e. The highest BCUT2D eigenvalue weighted by Gasteiger charge is 2.27. The lowest BCUT2D eigenvalue weighted by Gasteiger charge is -2.27. The normalized spacial score (nSPS) is 23.9. The minimum absolute atomic E-state index is 0.116. The fourth-order valence-electron chi connectivity index (χ4n) is 4.18. The van der Waals surface area contributed by atoms with Crippen LogP contribution in [0.5, 0.6) is 5.75 Å². The van der Waals surface area contributed by atoms with Crippen molar-refractivity contribution < 1.29 is 22.8 Å². The summed E-state index contributed by atoms with van der Waals surface area (Å²) in [6, 6.07) is 4.69. The SMILES string of the molecule is COc1ccc(S(=O)(=O)N2CCCCC2)cc1NC(=O)C[NH+]1CCC[C@@H](C)C1. The van der Waals surface area contributed by atoms with Crippen LogP contribution in [0.25, 0.3) is 0 Å². The van der Waals surface area contributed by atoms with E-state index < -0.39 is 10.0 Å². The van der Waals surface area contributed by atoms with Gasteiger partial charge < -0.3 is 15.0 Å². The molecule has 1 aromatic carbocycles. The van der Waals surface area contributed by atoms with Crippen molar-refractivity contribution in [2.45, 2.75) is 43.9 Å². The van der Waals surface area contributed by atoms with Gasteiger partial charge in [-0.1, -0.05) is 13.3 Å². The van der Waals surface area contributed by atoms with Gasteiger partial charge in [-0.05, 0) is 43.9 Å². The molecule has 2 fully saturated rings. The van der Waals surface area contributed by atoms with E-state index in [2.05, 4.69) is 12.2 Å². The smallest absolute Gasteiger partial charge is 0.279 e. The van der Waals surface area contributed by atoms with Crippen molar-refractivity contribution >= 4 is 21.6 Å². The number of nitrogens with zero attached hydrogens (tertiary/aromatic N) is 1. The van der Waals surface area contributed by atoms with Crippen LogP contribution in [0.15, 0.2) is 23.1 Å². The van der Waals surface area contributed by atoms with E-state index in [1.807, 2.05) is 0 Å². The number of rotatable bonds is 6. The summed E-state index contributed by atoms with van der Waals surface area (Å²) in [7, 11) is -2.04. The van der Waals surface area contributed by atoms with Gasteiger partial charge in [0.1, 0.15) is 5.75 Å². The standard InChI is InChI=1S/C20H31N3O4S/c1-16-7-6-10-22(14-16)15-20(24)21-18-13-17(8-9-19(18)27-2)28(25,26)23-11-4-3-5-12-23/h8-9,13,16H,3-7,10-12,14-15H2,1-2H3,(H,21,24)/p+1/t16-/m1/s1. The second-order valence-electron chi connectivity index (χ2n) is 8.00. The summed E-state index contributed by atoms with van der Waals surface area (Å²) in [5, 5.41) is 2.87. The fourth-order valence-corrected chi connectivity index (χ4v) is 5.72. The number of nitrogens with one attached hydrogen (secondary N) is 2. The maximum atomic E-state index is 12.9. The number of sulfonamides is 1. The molecule has 2 atom stereocenters. The third-order valence-corrected chi connectivity index (χ3v) is 7.57. The number of benzene rings is 1. The summed E-state index contributed by atoms with van der Waals surface area (Å²) in [4.78, 5) is 14.0. The second kappa shape index (κ2) is 9.24. The summed E-state index contributed by atoms with van der Waals surface area (Å²) >= 11 is 0. The first-order valence-corrected chi connectivity index (χ1v) is 11.7. The predicted octanol–water partition coefficient (Wildman–Crippen LogP) is 1.12. The Kier molecular flexibility index (Phi) is 6.95. The van der Waals surface area contributed by atoms with Crippen LogP contribution in [0.2, 0.25) is 0 Å². The fraction of sp³-hybridized carbons (Fsp3) is 0.650. The van der Waals surface area contributed by atoms with Gasteiger partial charge in [-0.3, -0.25) is 4.79 Å². The lowest BCUT2D eigenvalue weighted by Crippen LogP contribution is -3.14. The minimum Gasteiger partial charge on any atom is -0.495 e. The van der Waals surface area contributed by atoms with Crippen molar-refractivity contribution in [3.05, 3.63) is 18.2 Å². The average molecular weight is 411 g/mol. The monoisotopic (exact) mass is 410 g/mol. The van der Waals surface area contributed by atoms with Crippen LogP contribution in [0.3, 0.4) is 0 Å². The van der Waals surface area contributed by atoms with Gasteiger partial charge in [0.05, 0.1) is 30.8 Å². The molecule has 2 aliphatic heterocycles. The second-order valence-corrected chi connectivity index (χ2v) is 9.94. The summed E-state index contributed by atoms with van der Waals surface area (Å²) in [6.07, 6.45) is 5.19. The first-order valence-electron chi connectivity index (χ1n) is 10.2. The summed E-state index contributed by atoms with van der Waals surface area (Å²) in [5.41, 5.74) is 0.412. The van der Waals surface area contributed by atoms with Crippen LogP contribution in [0.1, 0.15) is 39.0 Å². The number of likely N-dealkylation sites (tertiary alicyclic amines) is 1. The van der Waals surface area contributed by atoms with Crippen LogP contribution in [0.4, 0.5) is 5.69 Å². The highest BCUT2D eigenvalue weighted by molar-refractivity contribution is 7.89. The Labute approximate surface area is 168 Å². The van der Waals surface area contributed by atoms with Crippen LogP contribution in [-0.2, 0) is 14.8 Å². The summed E-state index contributed by atoms with van der Waals surface area (Å²) in [5.74, 6) is 0.979. The minimum atomic E-state index is -3.56. The molecule has 1 amide bonds. The molecule has 28 heavy (non-hydrogen) atoms. The van der Waals surface area contributed by atoms with Gasteiger partial charge in [0.15, 0.2) is 6.54 Å². The first kappa shape index (κ1) is 21.1. The number of hydrogen-bond donors (Lipinski definition) is 2. The number of quaternary nitrogens is 1. The molecule has 156 valence electrons. The highest BCUT2D eigenvalue weighted by atomic mass is 32.2. The zero-order valence-corrected chi connectivity index (χ0v) is 17.7. The Bertz CT molecular complexity index is 791. The Balaban J connectivity index is 1.74. The van der Waals surface area contributed by atoms with E-state index in [-0.39, 0.29) is 10.8 Å². The lowest BCUT2D eigenvalue weighted by molar-refractivity contribution is -0.900. The van der Waals surface area contributed by atoms with Crippen molar-refractivity contribution in [2.75, 3.05) is 45.2 Å². The number of methoxy groups -OCH3 is 1. The zero-order valence-electron chi connectivity index (χ0n) is 16.9. The maximum Gasteiger partial charge on any atom is 0.279 e. The number of carbonyl (C=O) groups is 1. The number of amides is 1. The van der Waals surface area contributed by atoms with Crippen molar-refractivity contribution in [2.24, 2.45) is 5.92 Å². The number of piperidine rings is 2. The Morgan fingerprint density at radius 2 is 2.00 bits per heavy atom. The first-order chi connectivity index (χ1) is 13.4. The molecule has 1 aromatic rings. The summed E-state index contributed by atoms with van der Waals surface area (Å²) < 4.78 is 32.8. The molecule has 0 saturated carbocycles. The topological polar surface area (TPSA) is 80.2 Å². The molecule has 2 N–H and O–H groups in total. The van der Waals surface area contributed by atoms with E-state index in [9.17, 15) is 13.2 Å². The quantitative estimate of drug-likeness (QED) is 0.737. The molecule has 2 aliphatic rings. The number of ether oxygens (including phenoxy) is 1. The van der Waals surface area contributed by atoms with Crippen LogP contribution >= 0.6 is 0 Å². The van der Waals surface area contributed by atoms with Crippen LogP contribution < -0.4 is 15.0 Å². The molecule has 0 radical (unpaired) electrons. The van der Waals surface area contributed by atoms with Gasteiger partial charge in [-0.25, -0.2) is 8.42 Å². The van der Waals surface area contributed by atoms with E-state index in [0.717, 1.165) is 38.8 Å². The molecule has 3 rings (SSSR count). The molecule has 0 spiro atoms. The van der Waals surface area contributed by atoms with Gasteiger partial charge in [0, 0.05) is 19.0 Å². The lowest BCUT2D eigenvalue weighted by atomic mass is 10.0. The van der Waals surface area contributed by atoms with Crippen LogP contribution in [0, 0.1) is 5.92 Å². The molecule has 8 heteroatoms. The van der Waals surface area contributed by atoms with E-state index in [0.29, 0.717) is 37.0 Å². The zero-order chi connectivity index (χ0) is 20.1. The van der Waals surface area contributed by atoms with E-state index in [1.165, 1.54) is 28.8 Å². The average Bonchev–Trinajstić information content (AvgIpc) is 2.68. The molecule has 0 aromatic heterocycles. The van der Waals surface area contributed by atoms with Crippen LogP contribution in [-0.4, -0.2) is 58.5 Å². The van der Waals surface area contributed by atoms with Crippen molar-refractivity contribution in [3.63, 3.8) is 0 Å². The molecule has 2 saturated heterocycles. The molecule has 0 aliphatic carbocycles. The summed E-state index contributed by atoms with van der Waals surface area (Å²) in [6.45, 7) is 5.69. The molecule has 1 unspecified atom stereocenters.